The summed E-state index contributed by atoms with van der Waals surface area (Å²) in [5.74, 6) is 1.88. The third kappa shape index (κ3) is 4.99. The molecule has 0 aliphatic carbocycles. The van der Waals surface area contributed by atoms with Crippen molar-refractivity contribution in [2.75, 3.05) is 31.1 Å². The minimum absolute atomic E-state index is 0. The number of piperazine rings is 1. The minimum Gasteiger partial charge on any atom is -0.460 e. The Morgan fingerprint density at radius 1 is 0.815 bits per heavy atom. The number of hydrogen-bond acceptors (Lipinski definition) is 3. The molecule has 4 rings (SSSR count). The Morgan fingerprint density at radius 3 is 2.26 bits per heavy atom. The monoisotopic (exact) mass is 422 g/mol. The molecule has 3 nitrogen and oxygen atoms in total. The lowest BCUT2D eigenvalue weighted by Gasteiger charge is -2.35. The number of furan rings is 1. The van der Waals surface area contributed by atoms with E-state index < -0.39 is 0 Å². The fraction of sp³-hybridized carbons (Fsp3) is 0.238. The van der Waals surface area contributed by atoms with Crippen LogP contribution in [0.1, 0.15) is 5.76 Å². The first-order valence-corrected chi connectivity index (χ1v) is 9.50. The lowest BCUT2D eigenvalue weighted by atomic mass is 10.2. The van der Waals surface area contributed by atoms with E-state index in [9.17, 15) is 0 Å². The first kappa shape index (κ1) is 20.1. The quantitative estimate of drug-likeness (QED) is 0.513. The topological polar surface area (TPSA) is 19.6 Å². The van der Waals surface area contributed by atoms with Crippen LogP contribution in [0.5, 0.6) is 0 Å². The van der Waals surface area contributed by atoms with Crippen LogP contribution < -0.4 is 4.90 Å². The molecule has 1 aromatic heterocycles. The summed E-state index contributed by atoms with van der Waals surface area (Å²) in [4.78, 5) is 4.80. The van der Waals surface area contributed by atoms with Crippen molar-refractivity contribution < 1.29 is 4.42 Å². The third-order valence-electron chi connectivity index (χ3n) is 4.72. The number of halogens is 3. The van der Waals surface area contributed by atoms with Crippen LogP contribution in [0.15, 0.2) is 65.1 Å². The largest absolute Gasteiger partial charge is 0.460 e. The molecule has 1 fully saturated rings. The fourth-order valence-corrected chi connectivity index (χ4v) is 3.60. The van der Waals surface area contributed by atoms with Gasteiger partial charge in [-0.15, -0.1) is 12.4 Å². The molecule has 0 bridgehead atoms. The summed E-state index contributed by atoms with van der Waals surface area (Å²) in [6.45, 7) is 4.82. The normalized spacial score (nSPS) is 14.8. The van der Waals surface area contributed by atoms with E-state index in [2.05, 4.69) is 21.9 Å². The molecule has 2 heterocycles. The molecule has 142 valence electrons. The van der Waals surface area contributed by atoms with Crippen molar-refractivity contribution in [2.24, 2.45) is 0 Å². The molecule has 0 N–H and O–H groups in total. The highest BCUT2D eigenvalue weighted by atomic mass is 35.5. The molecule has 1 saturated heterocycles. The van der Waals surface area contributed by atoms with Gasteiger partial charge in [0, 0.05) is 47.5 Å². The van der Waals surface area contributed by atoms with Crippen LogP contribution in [-0.2, 0) is 6.54 Å². The Hall–Kier alpha value is -1.65. The molecule has 1 aliphatic heterocycles. The van der Waals surface area contributed by atoms with Gasteiger partial charge in [-0.25, -0.2) is 0 Å². The molecule has 6 heteroatoms. The summed E-state index contributed by atoms with van der Waals surface area (Å²) in [6.07, 6.45) is 0. The predicted octanol–water partition coefficient (Wildman–Crippen LogP) is 6.00. The van der Waals surface area contributed by atoms with Gasteiger partial charge in [0.25, 0.3) is 0 Å². The van der Waals surface area contributed by atoms with Crippen molar-refractivity contribution in [3.63, 3.8) is 0 Å². The first-order valence-electron chi connectivity index (χ1n) is 8.75. The van der Waals surface area contributed by atoms with Gasteiger partial charge in [0.05, 0.1) is 6.54 Å². The highest BCUT2D eigenvalue weighted by molar-refractivity contribution is 6.31. The van der Waals surface area contributed by atoms with Crippen molar-refractivity contribution in [1.29, 1.82) is 0 Å². The van der Waals surface area contributed by atoms with E-state index in [1.165, 1.54) is 5.69 Å². The molecule has 0 atom stereocenters. The number of benzene rings is 2. The second-order valence-corrected chi connectivity index (χ2v) is 7.39. The van der Waals surface area contributed by atoms with Gasteiger partial charge in [-0.2, -0.15) is 0 Å². The summed E-state index contributed by atoms with van der Waals surface area (Å²) in [5.41, 5.74) is 2.24. The van der Waals surface area contributed by atoms with Crippen LogP contribution in [0.4, 0.5) is 5.69 Å². The average Bonchev–Trinajstić information content (AvgIpc) is 3.11. The van der Waals surface area contributed by atoms with Crippen molar-refractivity contribution in [1.82, 2.24) is 4.90 Å². The molecule has 0 unspecified atom stereocenters. The van der Waals surface area contributed by atoms with Gasteiger partial charge in [0.15, 0.2) is 0 Å². The minimum atomic E-state index is 0. The van der Waals surface area contributed by atoms with Gasteiger partial charge in [-0.3, -0.25) is 4.90 Å². The van der Waals surface area contributed by atoms with E-state index >= 15 is 0 Å². The van der Waals surface area contributed by atoms with E-state index in [0.717, 1.165) is 59.9 Å². The van der Waals surface area contributed by atoms with Gasteiger partial charge in [-0.1, -0.05) is 29.3 Å². The Morgan fingerprint density at radius 2 is 1.56 bits per heavy atom. The Kier molecular flexibility index (Phi) is 6.72. The van der Waals surface area contributed by atoms with Crippen molar-refractivity contribution in [3.05, 3.63) is 76.5 Å². The van der Waals surface area contributed by atoms with Gasteiger partial charge in [0.2, 0.25) is 0 Å². The second kappa shape index (κ2) is 9.03. The van der Waals surface area contributed by atoms with Crippen molar-refractivity contribution in [2.45, 2.75) is 6.54 Å². The molecule has 0 saturated carbocycles. The summed E-state index contributed by atoms with van der Waals surface area (Å²) in [7, 11) is 0. The maximum absolute atomic E-state index is 6.10. The maximum atomic E-state index is 6.10. The molecule has 2 aromatic carbocycles. The number of hydrogen-bond donors (Lipinski definition) is 0. The molecule has 1 aliphatic rings. The molecular formula is C21H21Cl3N2O. The van der Waals surface area contributed by atoms with Crippen LogP contribution in [0, 0.1) is 0 Å². The van der Waals surface area contributed by atoms with E-state index in [1.54, 1.807) is 0 Å². The predicted molar refractivity (Wildman–Crippen MR) is 115 cm³/mol. The Balaban J connectivity index is 0.00000210. The zero-order chi connectivity index (χ0) is 17.9. The Labute approximate surface area is 175 Å². The molecule has 0 amide bonds. The standard InChI is InChI=1S/C21H20Cl2N2O.ClH/c22-17-6-4-16(5-7-17)21-9-8-20(26-21)15-24-10-12-25(13-11-24)19-3-1-2-18(23)14-19;/h1-9,14H,10-13,15H2;1H. The van der Waals surface area contributed by atoms with Crippen LogP contribution >= 0.6 is 35.6 Å². The highest BCUT2D eigenvalue weighted by Crippen LogP contribution is 2.25. The SMILES string of the molecule is Cl.Clc1ccc(-c2ccc(CN3CCN(c4cccc(Cl)c4)CC3)o2)cc1. The summed E-state index contributed by atoms with van der Waals surface area (Å²) in [5, 5.41) is 1.52. The average molecular weight is 424 g/mol. The van der Waals surface area contributed by atoms with E-state index in [1.807, 2.05) is 48.5 Å². The highest BCUT2D eigenvalue weighted by Gasteiger charge is 2.18. The van der Waals surface area contributed by atoms with E-state index in [-0.39, 0.29) is 12.4 Å². The summed E-state index contributed by atoms with van der Waals surface area (Å²) >= 11 is 12.1. The van der Waals surface area contributed by atoms with Gasteiger partial charge < -0.3 is 9.32 Å². The maximum Gasteiger partial charge on any atom is 0.134 e. The number of anilines is 1. The van der Waals surface area contributed by atoms with Crippen molar-refractivity contribution >= 4 is 41.3 Å². The smallest absolute Gasteiger partial charge is 0.134 e. The van der Waals surface area contributed by atoms with Crippen LogP contribution in [0.3, 0.4) is 0 Å². The van der Waals surface area contributed by atoms with Crippen molar-refractivity contribution in [3.8, 4) is 11.3 Å². The van der Waals surface area contributed by atoms with Gasteiger partial charge in [0.1, 0.15) is 11.5 Å². The molecule has 0 radical (unpaired) electrons. The molecule has 27 heavy (non-hydrogen) atoms. The third-order valence-corrected chi connectivity index (χ3v) is 5.20. The second-order valence-electron chi connectivity index (χ2n) is 6.52. The van der Waals surface area contributed by atoms with E-state index in [4.69, 9.17) is 27.6 Å². The lowest BCUT2D eigenvalue weighted by molar-refractivity contribution is 0.231. The number of nitrogens with zero attached hydrogens (tertiary/aromatic N) is 2. The zero-order valence-corrected chi connectivity index (χ0v) is 17.1. The molecule has 3 aromatic rings. The number of rotatable bonds is 4. The summed E-state index contributed by atoms with van der Waals surface area (Å²) < 4.78 is 6.02. The van der Waals surface area contributed by atoms with Gasteiger partial charge in [-0.05, 0) is 54.6 Å². The lowest BCUT2D eigenvalue weighted by Crippen LogP contribution is -2.45. The molecule has 0 spiro atoms. The fourth-order valence-electron chi connectivity index (χ4n) is 3.29. The van der Waals surface area contributed by atoms with Crippen LogP contribution in [-0.4, -0.2) is 31.1 Å². The summed E-state index contributed by atoms with van der Waals surface area (Å²) in [6, 6.07) is 19.9. The van der Waals surface area contributed by atoms with E-state index in [0.29, 0.717) is 0 Å². The first-order chi connectivity index (χ1) is 12.7. The zero-order valence-electron chi connectivity index (χ0n) is 14.8. The van der Waals surface area contributed by atoms with Gasteiger partial charge >= 0.3 is 0 Å². The molecular weight excluding hydrogens is 403 g/mol. The van der Waals surface area contributed by atoms with Crippen LogP contribution in [0.2, 0.25) is 10.0 Å². The Bertz CT molecular complexity index is 871. The van der Waals surface area contributed by atoms with Crippen LogP contribution in [0.25, 0.3) is 11.3 Å².